The lowest BCUT2D eigenvalue weighted by molar-refractivity contribution is 0.0927. The van der Waals surface area contributed by atoms with E-state index in [4.69, 9.17) is 5.73 Å². The van der Waals surface area contributed by atoms with Crippen LogP contribution in [-0.4, -0.2) is 32.5 Å². The van der Waals surface area contributed by atoms with Crippen LogP contribution in [-0.2, 0) is 6.54 Å². The van der Waals surface area contributed by atoms with E-state index in [1.807, 2.05) is 13.8 Å². The number of hydrogen-bond acceptors (Lipinski definition) is 5. The molecule has 1 fully saturated rings. The molecule has 1 aliphatic carbocycles. The van der Waals surface area contributed by atoms with Crippen molar-refractivity contribution in [2.45, 2.75) is 71.0 Å². The Kier molecular flexibility index (Phi) is 5.46. The standard InChI is InChI=1S/C19H27N5O3/c1-4-24-16-15(18(26)23-19(24)27)13(9-14(22-16)10(2)3)17(25)21-12-7-5-11(20)6-8-12/h9-12H,4-8,20H2,1-3H3,(H,21,25)(H,23,26,27). The number of aromatic amines is 1. The first kappa shape index (κ1) is 19.3. The van der Waals surface area contributed by atoms with Crippen molar-refractivity contribution in [1.82, 2.24) is 19.9 Å². The maximum Gasteiger partial charge on any atom is 0.329 e. The van der Waals surface area contributed by atoms with E-state index in [0.29, 0.717) is 12.2 Å². The Morgan fingerprint density at radius 2 is 2.00 bits per heavy atom. The fraction of sp³-hybridized carbons (Fsp3) is 0.579. The van der Waals surface area contributed by atoms with Gasteiger partial charge in [-0.1, -0.05) is 13.8 Å². The summed E-state index contributed by atoms with van der Waals surface area (Å²) in [4.78, 5) is 44.5. The first-order valence-corrected chi connectivity index (χ1v) is 9.56. The number of aromatic nitrogens is 3. The largest absolute Gasteiger partial charge is 0.349 e. The molecular weight excluding hydrogens is 346 g/mol. The van der Waals surface area contributed by atoms with Gasteiger partial charge in [0.15, 0.2) is 5.65 Å². The van der Waals surface area contributed by atoms with E-state index in [2.05, 4.69) is 15.3 Å². The van der Waals surface area contributed by atoms with Crippen LogP contribution in [0.2, 0.25) is 0 Å². The Bertz CT molecular complexity index is 968. The van der Waals surface area contributed by atoms with Gasteiger partial charge in [0.25, 0.3) is 11.5 Å². The molecule has 0 bridgehead atoms. The van der Waals surface area contributed by atoms with E-state index < -0.39 is 11.2 Å². The molecule has 0 spiro atoms. The summed E-state index contributed by atoms with van der Waals surface area (Å²) in [5.41, 5.74) is 6.03. The zero-order valence-corrected chi connectivity index (χ0v) is 16.0. The number of carbonyl (C=O) groups is 1. The summed E-state index contributed by atoms with van der Waals surface area (Å²) >= 11 is 0. The van der Waals surface area contributed by atoms with Gasteiger partial charge in [0.05, 0.1) is 10.9 Å². The molecule has 1 amide bonds. The first-order valence-electron chi connectivity index (χ1n) is 9.56. The number of amides is 1. The minimum atomic E-state index is -0.585. The number of nitrogens with zero attached hydrogens (tertiary/aromatic N) is 2. The second-order valence-electron chi connectivity index (χ2n) is 7.54. The molecule has 2 heterocycles. The minimum Gasteiger partial charge on any atom is -0.349 e. The lowest BCUT2D eigenvalue weighted by atomic mass is 9.91. The van der Waals surface area contributed by atoms with E-state index in [1.54, 1.807) is 13.0 Å². The van der Waals surface area contributed by atoms with Gasteiger partial charge >= 0.3 is 5.69 Å². The van der Waals surface area contributed by atoms with Gasteiger partial charge in [0.1, 0.15) is 0 Å². The van der Waals surface area contributed by atoms with E-state index in [9.17, 15) is 14.4 Å². The molecule has 0 atom stereocenters. The average molecular weight is 373 g/mol. The fourth-order valence-electron chi connectivity index (χ4n) is 3.59. The normalized spacial score (nSPS) is 20.2. The number of aryl methyl sites for hydroxylation is 1. The van der Waals surface area contributed by atoms with Crippen LogP contribution in [0.3, 0.4) is 0 Å². The molecule has 4 N–H and O–H groups in total. The SMILES string of the molecule is CCn1c(=O)[nH]c(=O)c2c(C(=O)NC3CCC(N)CC3)cc(C(C)C)nc21. The number of pyridine rings is 1. The number of H-pyrrole nitrogens is 1. The maximum atomic E-state index is 13.0. The number of hydrogen-bond donors (Lipinski definition) is 3. The summed E-state index contributed by atoms with van der Waals surface area (Å²) in [6.45, 7) is 6.07. The number of rotatable bonds is 4. The third kappa shape index (κ3) is 3.80. The number of nitrogens with two attached hydrogens (primary N) is 1. The molecule has 2 aromatic rings. The highest BCUT2D eigenvalue weighted by molar-refractivity contribution is 6.05. The smallest absolute Gasteiger partial charge is 0.329 e. The molecule has 3 rings (SSSR count). The zero-order valence-electron chi connectivity index (χ0n) is 16.0. The summed E-state index contributed by atoms with van der Waals surface area (Å²) < 4.78 is 1.39. The molecule has 146 valence electrons. The third-order valence-electron chi connectivity index (χ3n) is 5.23. The van der Waals surface area contributed by atoms with Crippen molar-refractivity contribution in [3.05, 3.63) is 38.2 Å². The van der Waals surface area contributed by atoms with Gasteiger partial charge < -0.3 is 11.1 Å². The van der Waals surface area contributed by atoms with Crippen molar-refractivity contribution >= 4 is 16.9 Å². The molecule has 27 heavy (non-hydrogen) atoms. The number of fused-ring (bicyclic) bond motifs is 1. The van der Waals surface area contributed by atoms with Gasteiger partial charge in [0.2, 0.25) is 0 Å². The van der Waals surface area contributed by atoms with Gasteiger partial charge in [-0.2, -0.15) is 0 Å². The van der Waals surface area contributed by atoms with Crippen LogP contribution < -0.4 is 22.3 Å². The molecule has 0 unspecified atom stereocenters. The lowest BCUT2D eigenvalue weighted by Gasteiger charge is -2.27. The number of carbonyl (C=O) groups excluding carboxylic acids is 1. The third-order valence-corrected chi connectivity index (χ3v) is 5.23. The summed E-state index contributed by atoms with van der Waals surface area (Å²) in [5.74, 6) is -0.259. The van der Waals surface area contributed by atoms with Gasteiger partial charge in [0, 0.05) is 24.3 Å². The van der Waals surface area contributed by atoms with Crippen molar-refractivity contribution in [3.63, 3.8) is 0 Å². The molecule has 0 saturated heterocycles. The van der Waals surface area contributed by atoms with Crippen LogP contribution in [0, 0.1) is 0 Å². The first-order chi connectivity index (χ1) is 12.8. The van der Waals surface area contributed by atoms with Crippen LogP contribution in [0.5, 0.6) is 0 Å². The zero-order chi connectivity index (χ0) is 19.7. The van der Waals surface area contributed by atoms with Crippen molar-refractivity contribution in [2.75, 3.05) is 0 Å². The maximum absolute atomic E-state index is 13.0. The van der Waals surface area contributed by atoms with E-state index in [0.717, 1.165) is 25.7 Å². The van der Waals surface area contributed by atoms with E-state index >= 15 is 0 Å². The van der Waals surface area contributed by atoms with E-state index in [1.165, 1.54) is 4.57 Å². The lowest BCUT2D eigenvalue weighted by Crippen LogP contribution is -2.41. The highest BCUT2D eigenvalue weighted by Crippen LogP contribution is 2.21. The van der Waals surface area contributed by atoms with Crippen molar-refractivity contribution in [3.8, 4) is 0 Å². The highest BCUT2D eigenvalue weighted by atomic mass is 16.2. The minimum absolute atomic E-state index is 0.0409. The summed E-state index contributed by atoms with van der Waals surface area (Å²) in [6.07, 6.45) is 3.39. The predicted molar refractivity (Wildman–Crippen MR) is 104 cm³/mol. The quantitative estimate of drug-likeness (QED) is 0.744. The van der Waals surface area contributed by atoms with Crippen LogP contribution in [0.15, 0.2) is 15.7 Å². The molecule has 2 aromatic heterocycles. The summed E-state index contributed by atoms with van der Waals surface area (Å²) in [7, 11) is 0. The number of nitrogens with one attached hydrogen (secondary N) is 2. The molecule has 0 aliphatic heterocycles. The van der Waals surface area contributed by atoms with Crippen LogP contribution in [0.4, 0.5) is 0 Å². The van der Waals surface area contributed by atoms with Gasteiger partial charge in [-0.15, -0.1) is 0 Å². The van der Waals surface area contributed by atoms with Crippen molar-refractivity contribution < 1.29 is 4.79 Å². The van der Waals surface area contributed by atoms with Crippen molar-refractivity contribution in [2.24, 2.45) is 5.73 Å². The molecule has 1 aliphatic rings. The fourth-order valence-corrected chi connectivity index (χ4v) is 3.59. The predicted octanol–water partition coefficient (Wildman–Crippen LogP) is 1.23. The second kappa shape index (κ2) is 7.64. The Hall–Kier alpha value is -2.48. The molecule has 8 heteroatoms. The van der Waals surface area contributed by atoms with Crippen molar-refractivity contribution in [1.29, 1.82) is 0 Å². The second-order valence-corrected chi connectivity index (χ2v) is 7.54. The average Bonchev–Trinajstić information content (AvgIpc) is 2.62. The molecule has 0 aromatic carbocycles. The molecule has 0 radical (unpaired) electrons. The van der Waals surface area contributed by atoms with Crippen LogP contribution in [0.25, 0.3) is 11.0 Å². The van der Waals surface area contributed by atoms with Crippen LogP contribution >= 0.6 is 0 Å². The summed E-state index contributed by atoms with van der Waals surface area (Å²) in [6, 6.07) is 1.89. The Labute approximate surface area is 157 Å². The highest BCUT2D eigenvalue weighted by Gasteiger charge is 2.24. The molecule has 8 nitrogen and oxygen atoms in total. The van der Waals surface area contributed by atoms with E-state index in [-0.39, 0.29) is 40.5 Å². The topological polar surface area (TPSA) is 123 Å². The van der Waals surface area contributed by atoms with Crippen LogP contribution in [0.1, 0.15) is 68.4 Å². The Morgan fingerprint density at radius 1 is 1.33 bits per heavy atom. The van der Waals surface area contributed by atoms with Gasteiger partial charge in [-0.25, -0.2) is 9.78 Å². The van der Waals surface area contributed by atoms with Gasteiger partial charge in [-0.05, 0) is 44.6 Å². The Morgan fingerprint density at radius 3 is 2.59 bits per heavy atom. The van der Waals surface area contributed by atoms with Gasteiger partial charge in [-0.3, -0.25) is 19.1 Å². The molecular formula is C19H27N5O3. The summed E-state index contributed by atoms with van der Waals surface area (Å²) in [5, 5.41) is 3.19. The Balaban J connectivity index is 2.11. The monoisotopic (exact) mass is 373 g/mol. The molecule has 1 saturated carbocycles.